The van der Waals surface area contributed by atoms with Crippen molar-refractivity contribution in [3.8, 4) is 0 Å². The predicted octanol–water partition coefficient (Wildman–Crippen LogP) is 2.22. The Morgan fingerprint density at radius 3 is 1.71 bits per heavy atom. The fourth-order valence-corrected chi connectivity index (χ4v) is 2.63. The average molecular weight is 478 g/mol. The molecule has 1 fully saturated rings. The molecule has 0 aromatic rings. The standard InChI is InChI=1S/C12H17F6IN2O3/c1-7(2,10(23,11(13,14)15)12(16,17)18)24-6(22)8(3,19)9(4)20-5-21-9/h20-21,23H,5H2,1-4H3/t8-/m1/s1. The molecular formula is C12H17F6IN2O3. The molecule has 0 aromatic heterocycles. The summed E-state index contributed by atoms with van der Waals surface area (Å²) in [6.07, 6.45) is -12.2. The van der Waals surface area contributed by atoms with Gasteiger partial charge in [-0.3, -0.25) is 15.4 Å². The van der Waals surface area contributed by atoms with Gasteiger partial charge in [0.1, 0.15) is 3.42 Å². The lowest BCUT2D eigenvalue weighted by Crippen LogP contribution is -2.79. The van der Waals surface area contributed by atoms with Gasteiger partial charge in [-0.1, -0.05) is 22.6 Å². The maximum absolute atomic E-state index is 13.0. The van der Waals surface area contributed by atoms with E-state index in [4.69, 9.17) is 0 Å². The van der Waals surface area contributed by atoms with Gasteiger partial charge in [0, 0.05) is 6.67 Å². The number of carbonyl (C=O) groups excluding carboxylic acids is 1. The third-order valence-electron chi connectivity index (χ3n) is 4.25. The van der Waals surface area contributed by atoms with Gasteiger partial charge >= 0.3 is 18.3 Å². The first-order valence-electron chi connectivity index (χ1n) is 6.62. The van der Waals surface area contributed by atoms with Gasteiger partial charge in [0.2, 0.25) is 0 Å². The van der Waals surface area contributed by atoms with E-state index in [9.17, 15) is 36.2 Å². The molecule has 0 amide bonds. The van der Waals surface area contributed by atoms with Crippen LogP contribution in [0.15, 0.2) is 0 Å². The number of rotatable bonds is 4. The molecule has 0 spiro atoms. The second-order valence-electron chi connectivity index (χ2n) is 6.26. The molecule has 1 aliphatic heterocycles. The number of halogens is 7. The van der Waals surface area contributed by atoms with E-state index < -0.39 is 38.6 Å². The van der Waals surface area contributed by atoms with Crippen LogP contribution >= 0.6 is 22.6 Å². The van der Waals surface area contributed by atoms with Gasteiger partial charge < -0.3 is 9.84 Å². The summed E-state index contributed by atoms with van der Waals surface area (Å²) in [6, 6.07) is 0. The Balaban J connectivity index is 3.21. The molecule has 1 aliphatic rings. The van der Waals surface area contributed by atoms with E-state index in [1.807, 2.05) is 0 Å². The summed E-state index contributed by atoms with van der Waals surface area (Å²) in [6.45, 7) is 3.81. The second-order valence-corrected chi connectivity index (χ2v) is 8.42. The van der Waals surface area contributed by atoms with Crippen molar-refractivity contribution in [3.63, 3.8) is 0 Å². The lowest BCUT2D eigenvalue weighted by Gasteiger charge is -2.51. The molecule has 24 heavy (non-hydrogen) atoms. The van der Waals surface area contributed by atoms with Gasteiger partial charge in [-0.25, -0.2) is 0 Å². The number of carbonyl (C=O) groups is 1. The second kappa shape index (κ2) is 5.84. The zero-order chi connectivity index (χ0) is 19.4. The normalized spacial score (nSPS) is 21.7. The minimum Gasteiger partial charge on any atom is -0.455 e. The molecule has 1 heterocycles. The molecule has 1 atom stereocenters. The maximum Gasteiger partial charge on any atom is 0.430 e. The first-order valence-corrected chi connectivity index (χ1v) is 7.69. The van der Waals surface area contributed by atoms with Crippen molar-refractivity contribution in [1.29, 1.82) is 0 Å². The summed E-state index contributed by atoms with van der Waals surface area (Å²) in [4.78, 5) is 12.3. The topological polar surface area (TPSA) is 70.6 Å². The number of esters is 1. The fraction of sp³-hybridized carbons (Fsp3) is 0.917. The highest BCUT2D eigenvalue weighted by Crippen LogP contribution is 2.51. The van der Waals surface area contributed by atoms with E-state index in [2.05, 4.69) is 15.4 Å². The quantitative estimate of drug-likeness (QED) is 0.250. The van der Waals surface area contributed by atoms with Crippen LogP contribution in [0.4, 0.5) is 26.3 Å². The van der Waals surface area contributed by atoms with Gasteiger partial charge in [-0.15, -0.1) is 0 Å². The summed E-state index contributed by atoms with van der Waals surface area (Å²) in [5, 5.41) is 15.0. The Labute approximate surface area is 147 Å². The lowest BCUT2D eigenvalue weighted by molar-refractivity contribution is -0.407. The molecule has 3 N–H and O–H groups in total. The number of ether oxygens (including phenoxy) is 1. The third-order valence-corrected chi connectivity index (χ3v) is 5.77. The molecule has 0 aromatic carbocycles. The minimum atomic E-state index is -6.10. The van der Waals surface area contributed by atoms with E-state index in [0.29, 0.717) is 20.5 Å². The molecule has 142 valence electrons. The predicted molar refractivity (Wildman–Crippen MR) is 79.2 cm³/mol. The van der Waals surface area contributed by atoms with Crippen molar-refractivity contribution in [2.45, 2.75) is 60.3 Å². The number of nitrogens with one attached hydrogen (secondary N) is 2. The van der Waals surface area contributed by atoms with Crippen molar-refractivity contribution in [2.75, 3.05) is 6.67 Å². The van der Waals surface area contributed by atoms with Crippen molar-refractivity contribution in [2.24, 2.45) is 0 Å². The first-order chi connectivity index (χ1) is 10.3. The Bertz CT molecular complexity index is 500. The van der Waals surface area contributed by atoms with Crippen LogP contribution < -0.4 is 10.6 Å². The SMILES string of the molecule is CC(C)(OC(=O)[C@@](C)(I)C1(C)NCN1)C(O)(C(F)(F)F)C(F)(F)F. The molecule has 1 rings (SSSR count). The Hall–Kier alpha value is -0.340. The van der Waals surface area contributed by atoms with Gasteiger partial charge in [-0.2, -0.15) is 26.3 Å². The number of alkyl halides is 7. The average Bonchev–Trinajstić information content (AvgIpc) is 2.30. The zero-order valence-corrected chi connectivity index (χ0v) is 15.3. The fourth-order valence-electron chi connectivity index (χ4n) is 2.13. The number of hydrogen-bond acceptors (Lipinski definition) is 5. The van der Waals surface area contributed by atoms with Crippen LogP contribution in [0.5, 0.6) is 0 Å². The number of aliphatic hydroxyl groups is 1. The van der Waals surface area contributed by atoms with E-state index in [-0.39, 0.29) is 0 Å². The molecule has 0 saturated carbocycles. The molecule has 0 aliphatic carbocycles. The van der Waals surface area contributed by atoms with Crippen molar-refractivity contribution in [1.82, 2.24) is 10.6 Å². The van der Waals surface area contributed by atoms with Crippen LogP contribution in [0.25, 0.3) is 0 Å². The zero-order valence-electron chi connectivity index (χ0n) is 13.1. The minimum absolute atomic E-state index is 0.306. The van der Waals surface area contributed by atoms with Gasteiger partial charge in [0.25, 0.3) is 5.60 Å². The van der Waals surface area contributed by atoms with E-state index in [0.717, 1.165) is 0 Å². The summed E-state index contributed by atoms with van der Waals surface area (Å²) >= 11 is 1.56. The van der Waals surface area contributed by atoms with Crippen LogP contribution in [0.3, 0.4) is 0 Å². The molecule has 1 saturated heterocycles. The third kappa shape index (κ3) is 3.09. The lowest BCUT2D eigenvalue weighted by atomic mass is 9.83. The van der Waals surface area contributed by atoms with Gasteiger partial charge in [0.05, 0.1) is 5.66 Å². The molecular weight excluding hydrogens is 461 g/mol. The van der Waals surface area contributed by atoms with Crippen LogP contribution in [0.1, 0.15) is 27.7 Å². The van der Waals surface area contributed by atoms with Gasteiger partial charge in [-0.05, 0) is 27.7 Å². The maximum atomic E-state index is 13.0. The van der Waals surface area contributed by atoms with Crippen LogP contribution in [-0.2, 0) is 9.53 Å². The number of hydrogen-bond donors (Lipinski definition) is 3. The molecule has 0 radical (unpaired) electrons. The summed E-state index contributed by atoms with van der Waals surface area (Å²) in [7, 11) is 0. The molecule has 5 nitrogen and oxygen atoms in total. The monoisotopic (exact) mass is 478 g/mol. The Morgan fingerprint density at radius 1 is 1.08 bits per heavy atom. The Kier molecular flexibility index (Phi) is 5.28. The van der Waals surface area contributed by atoms with E-state index in [1.54, 1.807) is 22.6 Å². The Morgan fingerprint density at radius 2 is 1.46 bits per heavy atom. The smallest absolute Gasteiger partial charge is 0.430 e. The van der Waals surface area contributed by atoms with Crippen molar-refractivity contribution < 1.29 is 41.0 Å². The van der Waals surface area contributed by atoms with Crippen LogP contribution in [0, 0.1) is 0 Å². The molecule has 0 bridgehead atoms. The summed E-state index contributed by atoms with van der Waals surface area (Å²) in [5.74, 6) is -1.35. The molecule has 12 heteroatoms. The first kappa shape index (κ1) is 21.7. The summed E-state index contributed by atoms with van der Waals surface area (Å²) in [5.41, 5.74) is -9.63. The highest BCUT2D eigenvalue weighted by molar-refractivity contribution is 14.1. The molecule has 0 unspecified atom stereocenters. The van der Waals surface area contributed by atoms with E-state index >= 15 is 0 Å². The highest BCUT2D eigenvalue weighted by atomic mass is 127. The highest BCUT2D eigenvalue weighted by Gasteiger charge is 2.79. The van der Waals surface area contributed by atoms with Crippen LogP contribution in [0.2, 0.25) is 0 Å². The van der Waals surface area contributed by atoms with Gasteiger partial charge in [0.15, 0.2) is 5.60 Å². The summed E-state index contributed by atoms with van der Waals surface area (Å²) < 4.78 is 80.8. The van der Waals surface area contributed by atoms with Crippen molar-refractivity contribution >= 4 is 28.6 Å². The van der Waals surface area contributed by atoms with E-state index in [1.165, 1.54) is 13.8 Å². The van der Waals surface area contributed by atoms with Crippen LogP contribution in [-0.4, -0.2) is 50.4 Å². The van der Waals surface area contributed by atoms with Crippen molar-refractivity contribution in [3.05, 3.63) is 0 Å². The largest absolute Gasteiger partial charge is 0.455 e.